The summed E-state index contributed by atoms with van der Waals surface area (Å²) in [5.41, 5.74) is 0.736. The highest BCUT2D eigenvalue weighted by atomic mass is 16.5. The maximum absolute atomic E-state index is 10.5. The van der Waals surface area contributed by atoms with Gasteiger partial charge in [-0.25, -0.2) is 0 Å². The number of ether oxygens (including phenoxy) is 1. The summed E-state index contributed by atoms with van der Waals surface area (Å²) in [4.78, 5) is 0. The third-order valence-corrected chi connectivity index (χ3v) is 3.05. The molecule has 1 aromatic carbocycles. The van der Waals surface area contributed by atoms with E-state index in [2.05, 4.69) is 10.6 Å². The molecule has 0 spiro atoms. The predicted molar refractivity (Wildman–Crippen MR) is 56.6 cm³/mol. The van der Waals surface area contributed by atoms with E-state index < -0.39 is 5.72 Å². The Morgan fingerprint density at radius 1 is 1.33 bits per heavy atom. The van der Waals surface area contributed by atoms with Gasteiger partial charge in [0.25, 0.3) is 0 Å². The molecule has 0 aliphatic carbocycles. The molecule has 1 fully saturated rings. The summed E-state index contributed by atoms with van der Waals surface area (Å²) in [6.45, 7) is 2.16. The Balaban J connectivity index is 1.92. The quantitative estimate of drug-likeness (QED) is 0.616. The van der Waals surface area contributed by atoms with Crippen LogP contribution in [0.1, 0.15) is 5.56 Å². The van der Waals surface area contributed by atoms with Crippen LogP contribution in [0, 0.1) is 0 Å². The second-order valence-electron chi connectivity index (χ2n) is 4.03. The van der Waals surface area contributed by atoms with E-state index in [0.717, 1.165) is 17.8 Å². The van der Waals surface area contributed by atoms with Gasteiger partial charge in [-0.05, 0) is 12.1 Å². The van der Waals surface area contributed by atoms with Gasteiger partial charge in [0.05, 0.1) is 6.61 Å². The molecular weight excluding hydrogens is 192 g/mol. The van der Waals surface area contributed by atoms with E-state index in [0.29, 0.717) is 13.2 Å². The Morgan fingerprint density at radius 3 is 2.67 bits per heavy atom. The standard InChI is InChI=1S/C11H14N2O2/c14-11(10-7-12-5-6-15-10)8-1-3-9(13-11)4-2-8/h1-4,10,12-14H,5-7H2/t10-,11-/m1/s1. The summed E-state index contributed by atoms with van der Waals surface area (Å²) < 4.78 is 5.60. The highest BCUT2D eigenvalue weighted by molar-refractivity contribution is 5.54. The molecule has 4 heteroatoms. The first-order valence-electron chi connectivity index (χ1n) is 5.22. The zero-order chi connectivity index (χ0) is 10.3. The Labute approximate surface area is 88.3 Å². The molecule has 0 saturated carbocycles. The lowest BCUT2D eigenvalue weighted by molar-refractivity contribution is -0.109. The van der Waals surface area contributed by atoms with Gasteiger partial charge >= 0.3 is 0 Å². The van der Waals surface area contributed by atoms with E-state index in [1.165, 1.54) is 0 Å². The highest BCUT2D eigenvalue weighted by Crippen LogP contribution is 2.34. The molecule has 3 N–H and O–H groups in total. The Hall–Kier alpha value is -1.10. The average Bonchev–Trinajstić information content (AvgIpc) is 2.31. The molecule has 0 amide bonds. The summed E-state index contributed by atoms with van der Waals surface area (Å²) in [5.74, 6) is 0. The zero-order valence-corrected chi connectivity index (χ0v) is 8.36. The minimum atomic E-state index is -1.06. The second kappa shape index (κ2) is 3.20. The van der Waals surface area contributed by atoms with Crippen LogP contribution in [0.2, 0.25) is 0 Å². The molecule has 80 valence electrons. The van der Waals surface area contributed by atoms with Crippen LogP contribution < -0.4 is 10.6 Å². The number of fused-ring (bicyclic) bond motifs is 3. The molecule has 3 aliphatic heterocycles. The van der Waals surface area contributed by atoms with Gasteiger partial charge in [0.2, 0.25) is 0 Å². The van der Waals surface area contributed by atoms with Crippen molar-refractivity contribution in [2.45, 2.75) is 11.8 Å². The molecule has 0 radical (unpaired) electrons. The fourth-order valence-corrected chi connectivity index (χ4v) is 2.20. The SMILES string of the molecule is O[C@]1([C@H]2CNCCO2)Nc2ccc1cc2. The lowest BCUT2D eigenvalue weighted by atomic mass is 9.91. The zero-order valence-electron chi connectivity index (χ0n) is 8.36. The van der Waals surface area contributed by atoms with Crippen LogP contribution in [-0.2, 0) is 10.5 Å². The topological polar surface area (TPSA) is 53.5 Å². The van der Waals surface area contributed by atoms with E-state index >= 15 is 0 Å². The van der Waals surface area contributed by atoms with E-state index in [9.17, 15) is 5.11 Å². The maximum Gasteiger partial charge on any atom is 0.190 e. The Morgan fingerprint density at radius 2 is 2.13 bits per heavy atom. The van der Waals surface area contributed by atoms with Crippen LogP contribution >= 0.6 is 0 Å². The molecule has 3 aliphatic rings. The summed E-state index contributed by atoms with van der Waals surface area (Å²) >= 11 is 0. The third kappa shape index (κ3) is 1.33. The van der Waals surface area contributed by atoms with Gasteiger partial charge in [-0.3, -0.25) is 0 Å². The molecule has 0 aromatic heterocycles. The molecule has 3 heterocycles. The maximum atomic E-state index is 10.5. The van der Waals surface area contributed by atoms with Crippen LogP contribution in [0.15, 0.2) is 24.3 Å². The first-order chi connectivity index (χ1) is 7.29. The molecule has 15 heavy (non-hydrogen) atoms. The molecule has 4 rings (SSSR count). The van der Waals surface area contributed by atoms with Crippen LogP contribution in [0.4, 0.5) is 5.69 Å². The molecule has 1 saturated heterocycles. The first-order valence-corrected chi connectivity index (χ1v) is 5.22. The number of nitrogens with one attached hydrogen (secondary N) is 2. The third-order valence-electron chi connectivity index (χ3n) is 3.05. The van der Waals surface area contributed by atoms with Gasteiger partial charge in [0.1, 0.15) is 6.10 Å². The largest absolute Gasteiger partial charge is 0.370 e. The predicted octanol–water partition coefficient (Wildman–Crippen LogP) is 0.246. The summed E-state index contributed by atoms with van der Waals surface area (Å²) in [5, 5.41) is 16.9. The lowest BCUT2D eigenvalue weighted by Crippen LogP contribution is -2.56. The van der Waals surface area contributed by atoms with Crippen LogP contribution in [-0.4, -0.2) is 30.9 Å². The number of rotatable bonds is 1. The average molecular weight is 206 g/mol. The van der Waals surface area contributed by atoms with Crippen molar-refractivity contribution in [3.8, 4) is 0 Å². The number of hydrogen-bond acceptors (Lipinski definition) is 4. The van der Waals surface area contributed by atoms with E-state index in [-0.39, 0.29) is 6.10 Å². The van der Waals surface area contributed by atoms with Gasteiger partial charge in [-0.15, -0.1) is 0 Å². The van der Waals surface area contributed by atoms with Crippen molar-refractivity contribution in [3.05, 3.63) is 29.8 Å². The molecule has 1 aromatic rings. The normalized spacial score (nSPS) is 33.8. The first kappa shape index (κ1) is 9.15. The van der Waals surface area contributed by atoms with Crippen molar-refractivity contribution < 1.29 is 9.84 Å². The van der Waals surface area contributed by atoms with Crippen molar-refractivity contribution in [2.24, 2.45) is 0 Å². The molecule has 4 nitrogen and oxygen atoms in total. The smallest absolute Gasteiger partial charge is 0.190 e. The summed E-state index contributed by atoms with van der Waals surface area (Å²) in [6.07, 6.45) is -0.230. The fourth-order valence-electron chi connectivity index (χ4n) is 2.20. The van der Waals surface area contributed by atoms with Crippen molar-refractivity contribution in [2.75, 3.05) is 25.0 Å². The lowest BCUT2D eigenvalue weighted by Gasteiger charge is -2.42. The molecule has 2 bridgehead atoms. The molecular formula is C11H14N2O2. The number of benzene rings is 1. The number of aliphatic hydroxyl groups is 1. The van der Waals surface area contributed by atoms with Crippen LogP contribution in [0.25, 0.3) is 0 Å². The molecule has 0 unspecified atom stereocenters. The van der Waals surface area contributed by atoms with Gasteiger partial charge in [-0.2, -0.15) is 0 Å². The van der Waals surface area contributed by atoms with Gasteiger partial charge in [-0.1, -0.05) is 12.1 Å². The minimum absolute atomic E-state index is 0.230. The number of anilines is 1. The van der Waals surface area contributed by atoms with Gasteiger partial charge < -0.3 is 20.5 Å². The number of morpholine rings is 1. The summed E-state index contributed by atoms with van der Waals surface area (Å²) in [6, 6.07) is 7.79. The van der Waals surface area contributed by atoms with E-state index in [1.807, 2.05) is 24.3 Å². The monoisotopic (exact) mass is 206 g/mol. The van der Waals surface area contributed by atoms with Crippen molar-refractivity contribution in [1.29, 1.82) is 0 Å². The Kier molecular flexibility index (Phi) is 1.95. The van der Waals surface area contributed by atoms with Crippen molar-refractivity contribution in [1.82, 2.24) is 5.32 Å². The van der Waals surface area contributed by atoms with Crippen molar-refractivity contribution >= 4 is 5.69 Å². The Bertz CT molecular complexity index is 359. The van der Waals surface area contributed by atoms with Gasteiger partial charge in [0.15, 0.2) is 5.72 Å². The van der Waals surface area contributed by atoms with E-state index in [4.69, 9.17) is 4.74 Å². The van der Waals surface area contributed by atoms with Crippen LogP contribution in [0.3, 0.4) is 0 Å². The second-order valence-corrected chi connectivity index (χ2v) is 4.03. The van der Waals surface area contributed by atoms with E-state index in [1.54, 1.807) is 0 Å². The minimum Gasteiger partial charge on any atom is -0.370 e. The fraction of sp³-hybridized carbons (Fsp3) is 0.455. The van der Waals surface area contributed by atoms with Crippen LogP contribution in [0.5, 0.6) is 0 Å². The highest BCUT2D eigenvalue weighted by Gasteiger charge is 2.42. The summed E-state index contributed by atoms with van der Waals surface area (Å²) in [7, 11) is 0. The van der Waals surface area contributed by atoms with Gasteiger partial charge in [0, 0.05) is 24.3 Å². The molecule has 2 atom stereocenters. The number of hydrogen-bond donors (Lipinski definition) is 3. The van der Waals surface area contributed by atoms with Crippen molar-refractivity contribution in [3.63, 3.8) is 0 Å².